The lowest BCUT2D eigenvalue weighted by molar-refractivity contribution is 0.620. The van der Waals surface area contributed by atoms with E-state index >= 15 is 0 Å². The Kier molecular flexibility index (Phi) is 1.82. The lowest BCUT2D eigenvalue weighted by Crippen LogP contribution is -2.04. The van der Waals surface area contributed by atoms with Crippen molar-refractivity contribution in [3.05, 3.63) is 23.8 Å². The zero-order valence-electron chi connectivity index (χ0n) is 5.34. The molecule has 0 aliphatic carbocycles. The molecule has 0 radical (unpaired) electrons. The number of nitrogens with two attached hydrogens (primary N) is 2. The molecule has 0 atom stereocenters. The Morgan fingerprint density at radius 1 is 1.60 bits per heavy atom. The molecule has 10 heavy (non-hydrogen) atoms. The van der Waals surface area contributed by atoms with Gasteiger partial charge in [-0.15, -0.1) is 0 Å². The molecule has 0 saturated carbocycles. The largest absolute Gasteiger partial charge is 0.397 e. The van der Waals surface area contributed by atoms with Crippen LogP contribution < -0.4 is 11.5 Å². The van der Waals surface area contributed by atoms with E-state index in [-0.39, 0.29) is 6.54 Å². The summed E-state index contributed by atoms with van der Waals surface area (Å²) in [5.41, 5.74) is 11.4. The highest BCUT2D eigenvalue weighted by Gasteiger charge is 1.98. The SMILES string of the molecule is NCc1ncc(F)cc1N. The van der Waals surface area contributed by atoms with Crippen LogP contribution in [-0.4, -0.2) is 4.98 Å². The maximum atomic E-state index is 12.3. The van der Waals surface area contributed by atoms with E-state index in [9.17, 15) is 4.39 Å². The van der Waals surface area contributed by atoms with E-state index in [1.807, 2.05) is 0 Å². The first kappa shape index (κ1) is 6.95. The number of hydrogen-bond donors (Lipinski definition) is 2. The minimum atomic E-state index is -0.435. The molecular formula is C6H8FN3. The quantitative estimate of drug-likeness (QED) is 0.589. The third-order valence-corrected chi connectivity index (χ3v) is 1.16. The summed E-state index contributed by atoms with van der Waals surface area (Å²) in [6.07, 6.45) is 1.10. The number of rotatable bonds is 1. The lowest BCUT2D eigenvalue weighted by atomic mass is 10.3. The maximum Gasteiger partial charge on any atom is 0.143 e. The van der Waals surface area contributed by atoms with Crippen LogP contribution in [0.3, 0.4) is 0 Å². The molecule has 3 nitrogen and oxygen atoms in total. The van der Waals surface area contributed by atoms with Crippen molar-refractivity contribution in [2.75, 3.05) is 5.73 Å². The average molecular weight is 141 g/mol. The molecule has 0 aromatic carbocycles. The van der Waals surface area contributed by atoms with E-state index in [0.29, 0.717) is 11.4 Å². The Balaban J connectivity index is 3.07. The van der Waals surface area contributed by atoms with Crippen molar-refractivity contribution < 1.29 is 4.39 Å². The fourth-order valence-corrected chi connectivity index (χ4v) is 0.654. The van der Waals surface area contributed by atoms with E-state index in [1.54, 1.807) is 0 Å². The number of aromatic nitrogens is 1. The fraction of sp³-hybridized carbons (Fsp3) is 0.167. The highest BCUT2D eigenvalue weighted by molar-refractivity contribution is 5.42. The van der Waals surface area contributed by atoms with Crippen LogP contribution >= 0.6 is 0 Å². The second-order valence-electron chi connectivity index (χ2n) is 1.89. The minimum Gasteiger partial charge on any atom is -0.397 e. The average Bonchev–Trinajstić information content (AvgIpc) is 1.88. The summed E-state index contributed by atoms with van der Waals surface area (Å²) in [5.74, 6) is -0.435. The summed E-state index contributed by atoms with van der Waals surface area (Å²) < 4.78 is 12.3. The van der Waals surface area contributed by atoms with Gasteiger partial charge in [0.15, 0.2) is 0 Å². The van der Waals surface area contributed by atoms with E-state index in [2.05, 4.69) is 4.98 Å². The zero-order chi connectivity index (χ0) is 7.56. The van der Waals surface area contributed by atoms with Gasteiger partial charge in [-0.1, -0.05) is 0 Å². The van der Waals surface area contributed by atoms with Gasteiger partial charge in [0.2, 0.25) is 0 Å². The minimum absolute atomic E-state index is 0.242. The molecule has 4 heteroatoms. The summed E-state index contributed by atoms with van der Waals surface area (Å²) in [7, 11) is 0. The molecule has 0 bridgehead atoms. The van der Waals surface area contributed by atoms with Gasteiger partial charge in [-0.05, 0) is 0 Å². The highest BCUT2D eigenvalue weighted by atomic mass is 19.1. The molecule has 1 heterocycles. The van der Waals surface area contributed by atoms with E-state index in [1.165, 1.54) is 6.07 Å². The molecule has 4 N–H and O–H groups in total. The van der Waals surface area contributed by atoms with Gasteiger partial charge in [0.25, 0.3) is 0 Å². The smallest absolute Gasteiger partial charge is 0.143 e. The van der Waals surface area contributed by atoms with Gasteiger partial charge < -0.3 is 11.5 Å². The summed E-state index contributed by atoms with van der Waals surface area (Å²) in [6, 6.07) is 1.20. The van der Waals surface area contributed by atoms with Crippen molar-refractivity contribution in [1.29, 1.82) is 0 Å². The summed E-state index contributed by atoms with van der Waals surface area (Å²) in [6.45, 7) is 0.242. The van der Waals surface area contributed by atoms with Crippen molar-refractivity contribution in [1.82, 2.24) is 4.98 Å². The number of halogens is 1. The molecule has 1 aromatic heterocycles. The van der Waals surface area contributed by atoms with Crippen molar-refractivity contribution in [3.8, 4) is 0 Å². The number of hydrogen-bond acceptors (Lipinski definition) is 3. The molecule has 1 aromatic rings. The molecule has 0 aliphatic heterocycles. The van der Waals surface area contributed by atoms with Gasteiger partial charge in [-0.25, -0.2) is 4.39 Å². The number of nitrogen functional groups attached to an aromatic ring is 1. The Bertz CT molecular complexity index is 236. The van der Waals surface area contributed by atoms with E-state index < -0.39 is 5.82 Å². The number of anilines is 1. The molecule has 0 amide bonds. The molecule has 0 unspecified atom stereocenters. The standard InChI is InChI=1S/C6H8FN3/c7-4-1-5(9)6(2-8)10-3-4/h1,3H,2,8-9H2. The van der Waals surface area contributed by atoms with Gasteiger partial charge in [-0.2, -0.15) is 0 Å². The van der Waals surface area contributed by atoms with Crippen LogP contribution in [0.25, 0.3) is 0 Å². The predicted octanol–water partition coefficient (Wildman–Crippen LogP) is 0.262. The molecule has 0 spiro atoms. The third kappa shape index (κ3) is 1.22. The Morgan fingerprint density at radius 3 is 2.80 bits per heavy atom. The van der Waals surface area contributed by atoms with Crippen LogP contribution in [0.4, 0.5) is 10.1 Å². The van der Waals surface area contributed by atoms with Crippen molar-refractivity contribution >= 4 is 5.69 Å². The summed E-state index contributed by atoms with van der Waals surface area (Å²) in [5, 5.41) is 0. The first-order valence-electron chi connectivity index (χ1n) is 2.84. The van der Waals surface area contributed by atoms with Crippen molar-refractivity contribution in [2.45, 2.75) is 6.54 Å². The third-order valence-electron chi connectivity index (χ3n) is 1.16. The Labute approximate surface area is 57.9 Å². The van der Waals surface area contributed by atoms with Crippen molar-refractivity contribution in [3.63, 3.8) is 0 Å². The first-order chi connectivity index (χ1) is 4.74. The van der Waals surface area contributed by atoms with Gasteiger partial charge in [0, 0.05) is 12.6 Å². The molecule has 54 valence electrons. The maximum absolute atomic E-state index is 12.3. The van der Waals surface area contributed by atoms with E-state index in [4.69, 9.17) is 11.5 Å². The zero-order valence-corrected chi connectivity index (χ0v) is 5.34. The predicted molar refractivity (Wildman–Crippen MR) is 36.5 cm³/mol. The van der Waals surface area contributed by atoms with Crippen LogP contribution in [0, 0.1) is 5.82 Å². The van der Waals surface area contributed by atoms with E-state index in [0.717, 1.165) is 6.20 Å². The molecule has 0 fully saturated rings. The Morgan fingerprint density at radius 2 is 2.30 bits per heavy atom. The Hall–Kier alpha value is -1.16. The lowest BCUT2D eigenvalue weighted by Gasteiger charge is -1.99. The fourth-order valence-electron chi connectivity index (χ4n) is 0.654. The van der Waals surface area contributed by atoms with Crippen LogP contribution in [0.2, 0.25) is 0 Å². The van der Waals surface area contributed by atoms with Crippen LogP contribution in [0.5, 0.6) is 0 Å². The number of nitrogens with zero attached hydrogens (tertiary/aromatic N) is 1. The number of pyridine rings is 1. The highest BCUT2D eigenvalue weighted by Crippen LogP contribution is 2.08. The van der Waals surface area contributed by atoms with Crippen LogP contribution in [0.15, 0.2) is 12.3 Å². The van der Waals surface area contributed by atoms with Crippen LogP contribution in [0.1, 0.15) is 5.69 Å². The van der Waals surface area contributed by atoms with Crippen LogP contribution in [-0.2, 0) is 6.54 Å². The summed E-state index contributed by atoms with van der Waals surface area (Å²) >= 11 is 0. The molecule has 0 aliphatic rings. The normalized spacial score (nSPS) is 9.80. The molecule has 0 saturated heterocycles. The monoisotopic (exact) mass is 141 g/mol. The van der Waals surface area contributed by atoms with Crippen molar-refractivity contribution in [2.24, 2.45) is 5.73 Å². The molecular weight excluding hydrogens is 133 g/mol. The molecule has 1 rings (SSSR count). The first-order valence-corrected chi connectivity index (χ1v) is 2.84. The van der Waals surface area contributed by atoms with Gasteiger partial charge in [-0.3, -0.25) is 4.98 Å². The summed E-state index contributed by atoms with van der Waals surface area (Å²) in [4.78, 5) is 3.67. The second kappa shape index (κ2) is 2.62. The van der Waals surface area contributed by atoms with Gasteiger partial charge in [0.1, 0.15) is 5.82 Å². The second-order valence-corrected chi connectivity index (χ2v) is 1.89. The van der Waals surface area contributed by atoms with Gasteiger partial charge >= 0.3 is 0 Å². The topological polar surface area (TPSA) is 64.9 Å². The van der Waals surface area contributed by atoms with Gasteiger partial charge in [0.05, 0.1) is 17.6 Å².